The maximum absolute atomic E-state index is 13.4. The minimum atomic E-state index is -1.46. The minimum absolute atomic E-state index is 0.0255. The van der Waals surface area contributed by atoms with Gasteiger partial charge >= 0.3 is 5.97 Å². The molecule has 1 aromatic rings. The molecule has 0 aliphatic rings. The highest BCUT2D eigenvalue weighted by Gasteiger charge is 2.21. The molecule has 0 heterocycles. The zero-order valence-corrected chi connectivity index (χ0v) is 11.4. The van der Waals surface area contributed by atoms with Crippen molar-refractivity contribution in [3.63, 3.8) is 0 Å². The number of carbonyl (C=O) groups is 1. The van der Waals surface area contributed by atoms with Gasteiger partial charge in [-0.2, -0.15) is 0 Å². The standard InChI is InChI=1S/C13H17FN2O4/c1-8(2)4-3-5-15-11-6-9(13(17)18)10(14)7-12(11)16(19)20/h6-8,15H,3-5H2,1-2H3,(H,17,18). The third kappa shape index (κ3) is 4.18. The van der Waals surface area contributed by atoms with Crippen molar-refractivity contribution in [2.75, 3.05) is 11.9 Å². The number of aromatic carboxylic acids is 1. The molecule has 0 atom stereocenters. The molecular formula is C13H17FN2O4. The van der Waals surface area contributed by atoms with Crippen LogP contribution in [-0.2, 0) is 0 Å². The Kier molecular flexibility index (Phi) is 5.42. The average molecular weight is 284 g/mol. The second-order valence-electron chi connectivity index (χ2n) is 4.87. The number of hydrogen-bond acceptors (Lipinski definition) is 4. The van der Waals surface area contributed by atoms with E-state index in [4.69, 9.17) is 5.11 Å². The van der Waals surface area contributed by atoms with E-state index in [0.717, 1.165) is 18.9 Å². The molecule has 0 amide bonds. The fraction of sp³-hybridized carbons (Fsp3) is 0.462. The molecule has 0 radical (unpaired) electrons. The molecule has 6 nitrogen and oxygen atoms in total. The van der Waals surface area contributed by atoms with Crippen LogP contribution in [0.4, 0.5) is 15.8 Å². The van der Waals surface area contributed by atoms with Crippen molar-refractivity contribution in [3.8, 4) is 0 Å². The van der Waals surface area contributed by atoms with Gasteiger partial charge in [-0.15, -0.1) is 0 Å². The van der Waals surface area contributed by atoms with E-state index < -0.39 is 28.0 Å². The normalized spacial score (nSPS) is 10.6. The topological polar surface area (TPSA) is 92.5 Å². The lowest BCUT2D eigenvalue weighted by atomic mass is 10.1. The van der Waals surface area contributed by atoms with E-state index in [1.807, 2.05) is 0 Å². The number of hydrogen-bond donors (Lipinski definition) is 2. The van der Waals surface area contributed by atoms with Gasteiger partial charge in [0.25, 0.3) is 5.69 Å². The average Bonchev–Trinajstić information content (AvgIpc) is 2.34. The molecular weight excluding hydrogens is 267 g/mol. The Morgan fingerprint density at radius 3 is 2.65 bits per heavy atom. The molecule has 2 N–H and O–H groups in total. The maximum atomic E-state index is 13.4. The summed E-state index contributed by atoms with van der Waals surface area (Å²) < 4.78 is 13.4. The molecule has 0 aliphatic heterocycles. The van der Waals surface area contributed by atoms with E-state index in [2.05, 4.69) is 19.2 Å². The first-order valence-corrected chi connectivity index (χ1v) is 6.28. The van der Waals surface area contributed by atoms with Crippen LogP contribution in [0.1, 0.15) is 37.0 Å². The molecule has 7 heteroatoms. The lowest BCUT2D eigenvalue weighted by Gasteiger charge is -2.09. The molecule has 0 saturated carbocycles. The van der Waals surface area contributed by atoms with E-state index in [1.54, 1.807) is 0 Å². The Morgan fingerprint density at radius 1 is 1.50 bits per heavy atom. The second-order valence-corrected chi connectivity index (χ2v) is 4.87. The van der Waals surface area contributed by atoms with Crippen LogP contribution in [0.5, 0.6) is 0 Å². The number of nitrogens with zero attached hydrogens (tertiary/aromatic N) is 1. The van der Waals surface area contributed by atoms with Gasteiger partial charge < -0.3 is 10.4 Å². The summed E-state index contributed by atoms with van der Waals surface area (Å²) in [5.41, 5.74) is -1.02. The molecule has 0 fully saturated rings. The highest BCUT2D eigenvalue weighted by Crippen LogP contribution is 2.28. The molecule has 20 heavy (non-hydrogen) atoms. The van der Waals surface area contributed by atoms with Gasteiger partial charge in [-0.25, -0.2) is 9.18 Å². The number of carboxylic acid groups (broad SMARTS) is 1. The highest BCUT2D eigenvalue weighted by atomic mass is 19.1. The molecule has 0 bridgehead atoms. The minimum Gasteiger partial charge on any atom is -0.478 e. The van der Waals surface area contributed by atoms with Crippen LogP contribution in [0.2, 0.25) is 0 Å². The van der Waals surface area contributed by atoms with Gasteiger partial charge in [0.2, 0.25) is 0 Å². The second kappa shape index (κ2) is 6.83. The van der Waals surface area contributed by atoms with Crippen molar-refractivity contribution in [1.82, 2.24) is 0 Å². The van der Waals surface area contributed by atoms with Crippen LogP contribution >= 0.6 is 0 Å². The van der Waals surface area contributed by atoms with Crippen LogP contribution in [0.3, 0.4) is 0 Å². The van der Waals surface area contributed by atoms with Gasteiger partial charge in [-0.05, 0) is 24.8 Å². The number of anilines is 1. The van der Waals surface area contributed by atoms with Gasteiger partial charge in [-0.1, -0.05) is 13.8 Å². The lowest BCUT2D eigenvalue weighted by molar-refractivity contribution is -0.384. The van der Waals surface area contributed by atoms with Crippen molar-refractivity contribution in [2.24, 2.45) is 5.92 Å². The lowest BCUT2D eigenvalue weighted by Crippen LogP contribution is -2.09. The van der Waals surface area contributed by atoms with Crippen LogP contribution in [0.25, 0.3) is 0 Å². The first kappa shape index (κ1) is 15.9. The number of benzene rings is 1. The SMILES string of the molecule is CC(C)CCCNc1cc(C(=O)O)c(F)cc1[N+](=O)[O-]. The van der Waals surface area contributed by atoms with Crippen LogP contribution in [0.15, 0.2) is 12.1 Å². The molecule has 0 spiro atoms. The zero-order valence-electron chi connectivity index (χ0n) is 11.4. The van der Waals surface area contributed by atoms with Gasteiger partial charge in [0.15, 0.2) is 0 Å². The number of nitro benzene ring substituents is 1. The van der Waals surface area contributed by atoms with Crippen molar-refractivity contribution in [3.05, 3.63) is 33.6 Å². The Labute approximate surface area is 115 Å². The number of nitrogens with one attached hydrogen (secondary N) is 1. The summed E-state index contributed by atoms with van der Waals surface area (Å²) in [6.45, 7) is 4.58. The van der Waals surface area contributed by atoms with Gasteiger partial charge in [0.1, 0.15) is 11.5 Å². The molecule has 0 saturated heterocycles. The smallest absolute Gasteiger partial charge is 0.338 e. The number of carboxylic acids is 1. The molecule has 0 unspecified atom stereocenters. The summed E-state index contributed by atoms with van der Waals surface area (Å²) in [5, 5.41) is 22.5. The summed E-state index contributed by atoms with van der Waals surface area (Å²) in [6.07, 6.45) is 1.72. The van der Waals surface area contributed by atoms with Crippen molar-refractivity contribution >= 4 is 17.3 Å². The Hall–Kier alpha value is -2.18. The monoisotopic (exact) mass is 284 g/mol. The van der Waals surface area contributed by atoms with E-state index in [0.29, 0.717) is 18.5 Å². The van der Waals surface area contributed by atoms with Gasteiger partial charge in [0, 0.05) is 6.54 Å². The van der Waals surface area contributed by atoms with Crippen LogP contribution in [0, 0.1) is 21.8 Å². The van der Waals surface area contributed by atoms with E-state index in [-0.39, 0.29) is 5.69 Å². The third-order valence-corrected chi connectivity index (χ3v) is 2.79. The largest absolute Gasteiger partial charge is 0.478 e. The van der Waals surface area contributed by atoms with Gasteiger partial charge in [-0.3, -0.25) is 10.1 Å². The van der Waals surface area contributed by atoms with Crippen molar-refractivity contribution in [2.45, 2.75) is 26.7 Å². The Morgan fingerprint density at radius 2 is 2.15 bits per heavy atom. The van der Waals surface area contributed by atoms with Crippen LogP contribution in [-0.4, -0.2) is 22.5 Å². The van der Waals surface area contributed by atoms with Gasteiger partial charge in [0.05, 0.1) is 16.6 Å². The molecule has 0 aromatic heterocycles. The van der Waals surface area contributed by atoms with Crippen molar-refractivity contribution in [1.29, 1.82) is 0 Å². The third-order valence-electron chi connectivity index (χ3n) is 2.79. The summed E-state index contributed by atoms with van der Waals surface area (Å²) >= 11 is 0. The predicted molar refractivity (Wildman–Crippen MR) is 72.6 cm³/mol. The van der Waals surface area contributed by atoms with Crippen molar-refractivity contribution < 1.29 is 19.2 Å². The van der Waals surface area contributed by atoms with E-state index in [1.165, 1.54) is 0 Å². The summed E-state index contributed by atoms with van der Waals surface area (Å²) in [6, 6.07) is 1.60. The molecule has 1 rings (SSSR count). The quantitative estimate of drug-likeness (QED) is 0.455. The molecule has 110 valence electrons. The maximum Gasteiger partial charge on any atom is 0.338 e. The first-order chi connectivity index (χ1) is 9.32. The van der Waals surface area contributed by atoms with E-state index in [9.17, 15) is 19.3 Å². The molecule has 1 aromatic carbocycles. The highest BCUT2D eigenvalue weighted by molar-refractivity contribution is 5.90. The zero-order chi connectivity index (χ0) is 15.3. The Bertz CT molecular complexity index is 517. The number of rotatable bonds is 7. The predicted octanol–water partition coefficient (Wildman–Crippen LogP) is 3.28. The molecule has 0 aliphatic carbocycles. The first-order valence-electron chi connectivity index (χ1n) is 6.28. The summed E-state index contributed by atoms with van der Waals surface area (Å²) in [4.78, 5) is 20.9. The fourth-order valence-electron chi connectivity index (χ4n) is 1.75. The summed E-state index contributed by atoms with van der Waals surface area (Å²) in [5.74, 6) is -2.06. The fourth-order valence-corrected chi connectivity index (χ4v) is 1.75. The number of nitro groups is 1. The number of halogens is 1. The van der Waals surface area contributed by atoms with Crippen LogP contribution < -0.4 is 5.32 Å². The van der Waals surface area contributed by atoms with E-state index >= 15 is 0 Å². The Balaban J connectivity index is 2.93. The summed E-state index contributed by atoms with van der Waals surface area (Å²) in [7, 11) is 0.